The van der Waals surface area contributed by atoms with Gasteiger partial charge in [-0.05, 0) is 30.5 Å². The summed E-state index contributed by atoms with van der Waals surface area (Å²) >= 11 is 0. The van der Waals surface area contributed by atoms with Gasteiger partial charge in [0.1, 0.15) is 5.69 Å². The number of benzene rings is 1. The summed E-state index contributed by atoms with van der Waals surface area (Å²) < 4.78 is 0. The molecule has 0 fully saturated rings. The van der Waals surface area contributed by atoms with Crippen LogP contribution >= 0.6 is 0 Å². The van der Waals surface area contributed by atoms with E-state index in [1.54, 1.807) is 12.3 Å². The van der Waals surface area contributed by atoms with Crippen molar-refractivity contribution in [3.63, 3.8) is 0 Å². The number of rotatable bonds is 7. The normalized spacial score (nSPS) is 10.7. The van der Waals surface area contributed by atoms with Crippen LogP contribution in [0.15, 0.2) is 42.7 Å². The van der Waals surface area contributed by atoms with Crippen LogP contribution in [-0.4, -0.2) is 33.9 Å². The summed E-state index contributed by atoms with van der Waals surface area (Å²) in [4.78, 5) is 23.8. The van der Waals surface area contributed by atoms with Crippen LogP contribution in [0.1, 0.15) is 29.4 Å². The van der Waals surface area contributed by atoms with Crippen LogP contribution < -0.4 is 10.6 Å². The second-order valence-corrected chi connectivity index (χ2v) is 5.56. The number of nitrogens with one attached hydrogen (secondary N) is 3. The molecule has 1 amide bonds. The first-order chi connectivity index (χ1) is 11.8. The Hall–Kier alpha value is -2.89. The van der Waals surface area contributed by atoms with Crippen LogP contribution in [0.3, 0.4) is 0 Å². The largest absolute Gasteiger partial charge is 0.361 e. The molecule has 3 aromatic rings. The molecule has 2 aromatic heterocycles. The second kappa shape index (κ2) is 7.59. The molecule has 0 saturated heterocycles. The lowest BCUT2D eigenvalue weighted by Crippen LogP contribution is -2.26. The standard InChI is InChI=1S/C18H21N5O/c1-2-9-20-18-21-11-8-16(23-18)17(24)19-10-7-13-12-22-15-6-4-3-5-14(13)15/h3-6,8,11-12,22H,2,7,9-10H2,1H3,(H,19,24)(H,20,21,23). The number of H-pyrrole nitrogens is 1. The molecule has 0 bridgehead atoms. The van der Waals surface area contributed by atoms with Gasteiger partial charge in [0.15, 0.2) is 0 Å². The first kappa shape index (κ1) is 16.0. The Morgan fingerprint density at radius 1 is 1.21 bits per heavy atom. The monoisotopic (exact) mass is 323 g/mol. The molecule has 0 unspecified atom stereocenters. The Morgan fingerprint density at radius 2 is 2.08 bits per heavy atom. The minimum atomic E-state index is -0.184. The third-order valence-corrected chi connectivity index (χ3v) is 3.78. The summed E-state index contributed by atoms with van der Waals surface area (Å²) in [5.41, 5.74) is 2.68. The van der Waals surface area contributed by atoms with E-state index in [9.17, 15) is 4.79 Å². The number of aromatic amines is 1. The van der Waals surface area contributed by atoms with E-state index in [0.717, 1.165) is 24.9 Å². The van der Waals surface area contributed by atoms with E-state index in [0.29, 0.717) is 18.2 Å². The number of amides is 1. The van der Waals surface area contributed by atoms with Crippen LogP contribution in [0.5, 0.6) is 0 Å². The lowest BCUT2D eigenvalue weighted by atomic mass is 10.1. The summed E-state index contributed by atoms with van der Waals surface area (Å²) in [5.74, 6) is 0.304. The molecule has 0 saturated carbocycles. The molecule has 1 aromatic carbocycles. The van der Waals surface area contributed by atoms with E-state index in [2.05, 4.69) is 38.6 Å². The van der Waals surface area contributed by atoms with Gasteiger partial charge in [-0.2, -0.15) is 0 Å². The van der Waals surface area contributed by atoms with Crippen molar-refractivity contribution in [1.29, 1.82) is 0 Å². The molecule has 2 heterocycles. The molecule has 6 nitrogen and oxygen atoms in total. The fraction of sp³-hybridized carbons (Fsp3) is 0.278. The maximum Gasteiger partial charge on any atom is 0.270 e. The predicted octanol–water partition coefficient (Wildman–Crippen LogP) is 2.75. The van der Waals surface area contributed by atoms with Gasteiger partial charge < -0.3 is 15.6 Å². The van der Waals surface area contributed by atoms with Crippen molar-refractivity contribution >= 4 is 22.8 Å². The highest BCUT2D eigenvalue weighted by Crippen LogP contribution is 2.17. The van der Waals surface area contributed by atoms with Crippen LogP contribution in [0.4, 0.5) is 5.95 Å². The maximum absolute atomic E-state index is 12.2. The van der Waals surface area contributed by atoms with Crippen molar-refractivity contribution in [3.8, 4) is 0 Å². The van der Waals surface area contributed by atoms with Gasteiger partial charge in [-0.15, -0.1) is 0 Å². The molecular formula is C18H21N5O. The number of fused-ring (bicyclic) bond motifs is 1. The molecule has 0 aliphatic heterocycles. The first-order valence-corrected chi connectivity index (χ1v) is 8.18. The summed E-state index contributed by atoms with van der Waals surface area (Å²) in [6.07, 6.45) is 5.33. The first-order valence-electron chi connectivity index (χ1n) is 8.18. The SMILES string of the molecule is CCCNc1nccc(C(=O)NCCc2c[nH]c3ccccc23)n1. The molecule has 0 atom stereocenters. The Morgan fingerprint density at radius 3 is 2.96 bits per heavy atom. The van der Waals surface area contributed by atoms with Gasteiger partial charge in [-0.25, -0.2) is 9.97 Å². The van der Waals surface area contributed by atoms with Crippen LogP contribution in [0, 0.1) is 0 Å². The maximum atomic E-state index is 12.2. The average Bonchev–Trinajstić information content (AvgIpc) is 3.03. The van der Waals surface area contributed by atoms with Crippen molar-refractivity contribution in [3.05, 3.63) is 54.0 Å². The number of anilines is 1. The van der Waals surface area contributed by atoms with Gasteiger partial charge in [-0.3, -0.25) is 4.79 Å². The molecule has 124 valence electrons. The predicted molar refractivity (Wildman–Crippen MR) is 95.1 cm³/mol. The van der Waals surface area contributed by atoms with E-state index in [1.165, 1.54) is 10.9 Å². The zero-order chi connectivity index (χ0) is 16.8. The quantitative estimate of drug-likeness (QED) is 0.624. The van der Waals surface area contributed by atoms with Crippen molar-refractivity contribution in [2.75, 3.05) is 18.4 Å². The second-order valence-electron chi connectivity index (χ2n) is 5.56. The fourth-order valence-electron chi connectivity index (χ4n) is 2.55. The van der Waals surface area contributed by atoms with Crippen molar-refractivity contribution in [2.45, 2.75) is 19.8 Å². The van der Waals surface area contributed by atoms with Crippen molar-refractivity contribution in [1.82, 2.24) is 20.3 Å². The van der Waals surface area contributed by atoms with Gasteiger partial charge in [0.05, 0.1) is 0 Å². The Labute approximate surface area is 140 Å². The molecule has 0 radical (unpaired) electrons. The van der Waals surface area contributed by atoms with Crippen LogP contribution in [0.2, 0.25) is 0 Å². The molecule has 6 heteroatoms. The van der Waals surface area contributed by atoms with Crippen LogP contribution in [-0.2, 0) is 6.42 Å². The molecule has 3 N–H and O–H groups in total. The Balaban J connectivity index is 1.57. The van der Waals surface area contributed by atoms with E-state index in [-0.39, 0.29) is 5.91 Å². The zero-order valence-corrected chi connectivity index (χ0v) is 13.7. The minimum Gasteiger partial charge on any atom is -0.361 e. The average molecular weight is 323 g/mol. The molecule has 3 rings (SSSR count). The van der Waals surface area contributed by atoms with Gasteiger partial charge in [0.25, 0.3) is 5.91 Å². The number of nitrogens with zero attached hydrogens (tertiary/aromatic N) is 2. The number of hydrogen-bond acceptors (Lipinski definition) is 4. The molecular weight excluding hydrogens is 302 g/mol. The number of aromatic nitrogens is 3. The number of hydrogen-bond donors (Lipinski definition) is 3. The highest BCUT2D eigenvalue weighted by molar-refractivity contribution is 5.92. The molecule has 0 spiro atoms. The number of carbonyl (C=O) groups excluding carboxylic acids is 1. The van der Waals surface area contributed by atoms with Crippen molar-refractivity contribution in [2.24, 2.45) is 0 Å². The van der Waals surface area contributed by atoms with E-state index in [1.807, 2.05) is 24.4 Å². The third kappa shape index (κ3) is 3.71. The Bertz CT molecular complexity index is 827. The van der Waals surface area contributed by atoms with Gasteiger partial charge in [-0.1, -0.05) is 25.1 Å². The van der Waals surface area contributed by atoms with Gasteiger partial charge >= 0.3 is 0 Å². The fourth-order valence-corrected chi connectivity index (χ4v) is 2.55. The summed E-state index contributed by atoms with van der Waals surface area (Å²) in [6.45, 7) is 3.41. The van der Waals surface area contributed by atoms with E-state index >= 15 is 0 Å². The van der Waals surface area contributed by atoms with Gasteiger partial charge in [0, 0.05) is 36.4 Å². The summed E-state index contributed by atoms with van der Waals surface area (Å²) in [6, 6.07) is 9.77. The van der Waals surface area contributed by atoms with E-state index in [4.69, 9.17) is 0 Å². The van der Waals surface area contributed by atoms with Gasteiger partial charge in [0.2, 0.25) is 5.95 Å². The molecule has 0 aliphatic carbocycles. The highest BCUT2D eigenvalue weighted by Gasteiger charge is 2.09. The minimum absolute atomic E-state index is 0.184. The third-order valence-electron chi connectivity index (χ3n) is 3.78. The lowest BCUT2D eigenvalue weighted by molar-refractivity contribution is 0.0949. The highest BCUT2D eigenvalue weighted by atomic mass is 16.1. The number of carbonyl (C=O) groups is 1. The molecule has 24 heavy (non-hydrogen) atoms. The topological polar surface area (TPSA) is 82.7 Å². The summed E-state index contributed by atoms with van der Waals surface area (Å²) in [7, 11) is 0. The molecule has 0 aliphatic rings. The van der Waals surface area contributed by atoms with Crippen LogP contribution in [0.25, 0.3) is 10.9 Å². The van der Waals surface area contributed by atoms with Crippen molar-refractivity contribution < 1.29 is 4.79 Å². The lowest BCUT2D eigenvalue weighted by Gasteiger charge is -2.06. The van der Waals surface area contributed by atoms with E-state index < -0.39 is 0 Å². The Kier molecular flexibility index (Phi) is 5.05. The number of para-hydroxylation sites is 1. The zero-order valence-electron chi connectivity index (χ0n) is 13.7. The summed E-state index contributed by atoms with van der Waals surface area (Å²) in [5, 5.41) is 7.19. The smallest absolute Gasteiger partial charge is 0.270 e.